The largest absolute Gasteiger partial charge is 0.481 e. The van der Waals surface area contributed by atoms with Crippen molar-refractivity contribution in [1.82, 2.24) is 9.13 Å². The Bertz CT molecular complexity index is 793. The second kappa shape index (κ2) is 6.30. The fraction of sp³-hybridized carbons (Fsp3) is 0.267. The van der Waals surface area contributed by atoms with Crippen molar-refractivity contribution < 1.29 is 9.53 Å². The van der Waals surface area contributed by atoms with Crippen LogP contribution in [-0.4, -0.2) is 21.1 Å². The number of anilines is 1. The van der Waals surface area contributed by atoms with Gasteiger partial charge in [-0.15, -0.1) is 0 Å². The van der Waals surface area contributed by atoms with Crippen molar-refractivity contribution in [3.05, 3.63) is 57.2 Å². The zero-order chi connectivity index (χ0) is 16.3. The summed E-state index contributed by atoms with van der Waals surface area (Å²) >= 11 is 0. The van der Waals surface area contributed by atoms with E-state index in [4.69, 9.17) is 4.74 Å². The Hall–Kier alpha value is -2.83. The minimum absolute atomic E-state index is 0.126. The molecule has 2 rings (SSSR count). The van der Waals surface area contributed by atoms with Gasteiger partial charge in [0.2, 0.25) is 0 Å². The summed E-state index contributed by atoms with van der Waals surface area (Å²) in [6, 6.07) is 10.1. The number of nitrogens with zero attached hydrogens (tertiary/aromatic N) is 2. The predicted molar refractivity (Wildman–Crippen MR) is 82.1 cm³/mol. The molecule has 1 amide bonds. The van der Waals surface area contributed by atoms with Crippen LogP contribution in [0.15, 0.2) is 46.0 Å². The van der Waals surface area contributed by atoms with Gasteiger partial charge in [0.05, 0.1) is 0 Å². The predicted octanol–water partition coefficient (Wildman–Crippen LogP) is 0.490. The molecule has 7 heteroatoms. The lowest BCUT2D eigenvalue weighted by atomic mass is 10.3. The summed E-state index contributed by atoms with van der Waals surface area (Å²) in [6.07, 6.45) is -0.776. The van der Waals surface area contributed by atoms with Gasteiger partial charge in [-0.1, -0.05) is 18.2 Å². The Morgan fingerprint density at radius 2 is 1.77 bits per heavy atom. The monoisotopic (exact) mass is 303 g/mol. The van der Waals surface area contributed by atoms with E-state index in [1.165, 1.54) is 24.7 Å². The first-order valence-electron chi connectivity index (χ1n) is 6.70. The number of para-hydroxylation sites is 1. The Labute approximate surface area is 126 Å². The van der Waals surface area contributed by atoms with Crippen LogP contribution >= 0.6 is 0 Å². The summed E-state index contributed by atoms with van der Waals surface area (Å²) in [5.74, 6) is 0.233. The van der Waals surface area contributed by atoms with E-state index in [9.17, 15) is 14.4 Å². The third-order valence-corrected chi connectivity index (χ3v) is 3.20. The van der Waals surface area contributed by atoms with Crippen LogP contribution in [0.4, 0.5) is 5.82 Å². The lowest BCUT2D eigenvalue weighted by Crippen LogP contribution is -2.39. The van der Waals surface area contributed by atoms with E-state index in [0.29, 0.717) is 5.75 Å². The van der Waals surface area contributed by atoms with Gasteiger partial charge in [0.1, 0.15) is 11.6 Å². The molecule has 0 aliphatic rings. The van der Waals surface area contributed by atoms with Gasteiger partial charge in [0.15, 0.2) is 6.10 Å². The number of benzene rings is 1. The standard InChI is InChI=1S/C15H17N3O4/c1-10(22-11-7-5-4-6-8-11)14(20)16-12-9-13(19)18(3)15(21)17(12)2/h4-10H,1-3H3,(H,16,20)/t10-/m1/s1. The molecule has 0 aliphatic carbocycles. The van der Waals surface area contributed by atoms with Gasteiger partial charge >= 0.3 is 5.69 Å². The third-order valence-electron chi connectivity index (χ3n) is 3.20. The lowest BCUT2D eigenvalue weighted by molar-refractivity contribution is -0.122. The molecular formula is C15H17N3O4. The van der Waals surface area contributed by atoms with E-state index in [1.54, 1.807) is 31.2 Å². The SMILES string of the molecule is C[C@@H](Oc1ccccc1)C(=O)Nc1cc(=O)n(C)c(=O)n1C. The quantitative estimate of drug-likeness (QED) is 0.891. The molecule has 1 heterocycles. The Kier molecular flexibility index (Phi) is 4.45. The Balaban J connectivity index is 2.16. The van der Waals surface area contributed by atoms with E-state index in [0.717, 1.165) is 4.57 Å². The fourth-order valence-corrected chi connectivity index (χ4v) is 1.84. The Morgan fingerprint density at radius 1 is 1.14 bits per heavy atom. The van der Waals surface area contributed by atoms with Gasteiger partial charge < -0.3 is 10.1 Å². The van der Waals surface area contributed by atoms with Crippen molar-refractivity contribution in [2.24, 2.45) is 14.1 Å². The van der Waals surface area contributed by atoms with E-state index < -0.39 is 23.3 Å². The van der Waals surface area contributed by atoms with Crippen molar-refractivity contribution in [2.75, 3.05) is 5.32 Å². The maximum atomic E-state index is 12.1. The van der Waals surface area contributed by atoms with Crippen LogP contribution in [0.2, 0.25) is 0 Å². The highest BCUT2D eigenvalue weighted by Crippen LogP contribution is 2.11. The molecule has 0 fully saturated rings. The molecule has 0 unspecified atom stereocenters. The smallest absolute Gasteiger partial charge is 0.332 e. The molecule has 1 aromatic carbocycles. The maximum Gasteiger partial charge on any atom is 0.332 e. The van der Waals surface area contributed by atoms with Crippen LogP contribution < -0.4 is 21.3 Å². The average molecular weight is 303 g/mol. The highest BCUT2D eigenvalue weighted by molar-refractivity contribution is 5.93. The summed E-state index contributed by atoms with van der Waals surface area (Å²) in [7, 11) is 2.84. The molecule has 22 heavy (non-hydrogen) atoms. The summed E-state index contributed by atoms with van der Waals surface area (Å²) in [4.78, 5) is 35.5. The fourth-order valence-electron chi connectivity index (χ4n) is 1.84. The van der Waals surface area contributed by atoms with Gasteiger partial charge in [-0.2, -0.15) is 0 Å². The van der Waals surface area contributed by atoms with E-state index in [2.05, 4.69) is 5.32 Å². The zero-order valence-electron chi connectivity index (χ0n) is 12.6. The van der Waals surface area contributed by atoms with Crippen LogP contribution in [0.1, 0.15) is 6.92 Å². The number of nitrogens with one attached hydrogen (secondary N) is 1. The minimum atomic E-state index is -0.776. The molecule has 1 atom stereocenters. The minimum Gasteiger partial charge on any atom is -0.481 e. The van der Waals surface area contributed by atoms with Gasteiger partial charge in [0.25, 0.3) is 11.5 Å². The number of carbonyl (C=O) groups is 1. The topological polar surface area (TPSA) is 82.3 Å². The van der Waals surface area contributed by atoms with Gasteiger partial charge in [-0.3, -0.25) is 18.7 Å². The second-order valence-electron chi connectivity index (χ2n) is 4.83. The molecule has 0 saturated carbocycles. The Morgan fingerprint density at radius 3 is 2.41 bits per heavy atom. The lowest BCUT2D eigenvalue weighted by Gasteiger charge is -2.16. The molecule has 0 radical (unpaired) electrons. The summed E-state index contributed by atoms with van der Waals surface area (Å²) in [5.41, 5.74) is -1.01. The molecule has 1 aromatic heterocycles. The van der Waals surface area contributed by atoms with Gasteiger partial charge in [-0.25, -0.2) is 4.79 Å². The third kappa shape index (κ3) is 3.25. The van der Waals surface area contributed by atoms with Gasteiger partial charge in [0, 0.05) is 20.2 Å². The van der Waals surface area contributed by atoms with Crippen molar-refractivity contribution in [2.45, 2.75) is 13.0 Å². The summed E-state index contributed by atoms with van der Waals surface area (Å²) < 4.78 is 7.64. The van der Waals surface area contributed by atoms with Crippen molar-refractivity contribution in [3.63, 3.8) is 0 Å². The van der Waals surface area contributed by atoms with Crippen LogP contribution in [0.5, 0.6) is 5.75 Å². The number of carbonyl (C=O) groups excluding carboxylic acids is 1. The number of hydrogen-bond donors (Lipinski definition) is 1. The number of ether oxygens (including phenoxy) is 1. The van der Waals surface area contributed by atoms with Crippen molar-refractivity contribution >= 4 is 11.7 Å². The molecule has 0 aliphatic heterocycles. The number of rotatable bonds is 4. The molecule has 1 N–H and O–H groups in total. The normalized spacial score (nSPS) is 11.8. The highest BCUT2D eigenvalue weighted by Gasteiger charge is 2.17. The molecule has 7 nitrogen and oxygen atoms in total. The highest BCUT2D eigenvalue weighted by atomic mass is 16.5. The number of amides is 1. The van der Waals surface area contributed by atoms with Crippen molar-refractivity contribution in [3.8, 4) is 5.75 Å². The van der Waals surface area contributed by atoms with Crippen molar-refractivity contribution in [1.29, 1.82) is 0 Å². The van der Waals surface area contributed by atoms with Crippen LogP contribution in [0.3, 0.4) is 0 Å². The zero-order valence-corrected chi connectivity index (χ0v) is 12.6. The average Bonchev–Trinajstić information content (AvgIpc) is 2.51. The number of aromatic nitrogens is 2. The van der Waals surface area contributed by atoms with E-state index >= 15 is 0 Å². The first-order chi connectivity index (χ1) is 10.4. The second-order valence-corrected chi connectivity index (χ2v) is 4.83. The van der Waals surface area contributed by atoms with Crippen LogP contribution in [0.25, 0.3) is 0 Å². The maximum absolute atomic E-state index is 12.1. The van der Waals surface area contributed by atoms with Crippen LogP contribution in [-0.2, 0) is 18.9 Å². The first-order valence-corrected chi connectivity index (χ1v) is 6.70. The molecule has 0 saturated heterocycles. The molecular weight excluding hydrogens is 286 g/mol. The number of hydrogen-bond acceptors (Lipinski definition) is 4. The van der Waals surface area contributed by atoms with E-state index in [1.807, 2.05) is 6.07 Å². The first kappa shape index (κ1) is 15.6. The van der Waals surface area contributed by atoms with Gasteiger partial charge in [-0.05, 0) is 19.1 Å². The molecule has 0 spiro atoms. The van der Waals surface area contributed by atoms with Crippen LogP contribution in [0, 0.1) is 0 Å². The van der Waals surface area contributed by atoms with E-state index in [-0.39, 0.29) is 5.82 Å². The molecule has 116 valence electrons. The summed E-state index contributed by atoms with van der Waals surface area (Å²) in [5, 5.41) is 2.52. The summed E-state index contributed by atoms with van der Waals surface area (Å²) in [6.45, 7) is 1.58. The molecule has 0 bridgehead atoms. The molecule has 2 aromatic rings.